The van der Waals surface area contributed by atoms with Crippen molar-refractivity contribution in [1.29, 1.82) is 0 Å². The zero-order valence-corrected chi connectivity index (χ0v) is 12.1. The van der Waals surface area contributed by atoms with Gasteiger partial charge in [0.25, 0.3) is 0 Å². The molecule has 0 aliphatic rings. The van der Waals surface area contributed by atoms with E-state index < -0.39 is 0 Å². The topological polar surface area (TPSA) is 76.1 Å². The predicted octanol–water partition coefficient (Wildman–Crippen LogP) is 1.87. The lowest BCUT2D eigenvalue weighted by atomic mass is 10.4. The fraction of sp³-hybridized carbons (Fsp3) is 0.385. The van der Waals surface area contributed by atoms with Crippen molar-refractivity contribution >= 4 is 11.9 Å². The average Bonchev–Trinajstić information content (AvgIpc) is 2.41. The summed E-state index contributed by atoms with van der Waals surface area (Å²) in [5, 5.41) is 3.05. The normalized spacial score (nSPS) is 10.2. The minimum Gasteiger partial charge on any atom is -0.422 e. The second-order valence-corrected chi connectivity index (χ2v) is 4.40. The molecule has 0 radical (unpaired) electrons. The maximum atomic E-state index is 5.62. The molecular formula is C13H18N6O. The molecule has 0 aliphatic carbocycles. The van der Waals surface area contributed by atoms with Gasteiger partial charge in [-0.25, -0.2) is 0 Å². The van der Waals surface area contributed by atoms with Crippen LogP contribution in [0, 0.1) is 6.92 Å². The van der Waals surface area contributed by atoms with E-state index >= 15 is 0 Å². The molecule has 0 aliphatic heterocycles. The van der Waals surface area contributed by atoms with Gasteiger partial charge in [0.2, 0.25) is 11.9 Å². The van der Waals surface area contributed by atoms with E-state index in [1.807, 2.05) is 40.1 Å². The van der Waals surface area contributed by atoms with Gasteiger partial charge in [-0.15, -0.1) is 0 Å². The Morgan fingerprint density at radius 2 is 2.00 bits per heavy atom. The summed E-state index contributed by atoms with van der Waals surface area (Å²) in [6, 6.07) is 3.94. The summed E-state index contributed by atoms with van der Waals surface area (Å²) in [7, 11) is 3.73. The Morgan fingerprint density at radius 3 is 2.60 bits per heavy atom. The number of anilines is 2. The summed E-state index contributed by atoms with van der Waals surface area (Å²) in [6.07, 6.45) is 1.64. The van der Waals surface area contributed by atoms with E-state index in [4.69, 9.17) is 4.74 Å². The molecule has 0 fully saturated rings. The van der Waals surface area contributed by atoms with Crippen LogP contribution in [0.3, 0.4) is 0 Å². The first-order chi connectivity index (χ1) is 9.58. The van der Waals surface area contributed by atoms with Crippen LogP contribution in [0.15, 0.2) is 18.3 Å². The summed E-state index contributed by atoms with van der Waals surface area (Å²) in [5.41, 5.74) is 0.926. The van der Waals surface area contributed by atoms with Crippen molar-refractivity contribution in [3.8, 4) is 11.8 Å². The van der Waals surface area contributed by atoms with Gasteiger partial charge in [-0.05, 0) is 26.0 Å². The van der Waals surface area contributed by atoms with Gasteiger partial charge >= 0.3 is 6.01 Å². The number of hydrogen-bond acceptors (Lipinski definition) is 7. The van der Waals surface area contributed by atoms with Gasteiger partial charge in [-0.1, -0.05) is 0 Å². The second kappa shape index (κ2) is 6.14. The van der Waals surface area contributed by atoms with Crippen molar-refractivity contribution in [1.82, 2.24) is 19.9 Å². The van der Waals surface area contributed by atoms with Crippen LogP contribution in [0.5, 0.6) is 11.8 Å². The van der Waals surface area contributed by atoms with Crippen LogP contribution in [-0.2, 0) is 0 Å². The van der Waals surface area contributed by atoms with E-state index in [1.165, 1.54) is 0 Å². The number of hydrogen-bond donors (Lipinski definition) is 1. The zero-order chi connectivity index (χ0) is 14.5. The van der Waals surface area contributed by atoms with Gasteiger partial charge in [-0.3, -0.25) is 4.98 Å². The third kappa shape index (κ3) is 3.53. The Bertz CT molecular complexity index is 570. The van der Waals surface area contributed by atoms with Gasteiger partial charge in [0.05, 0.1) is 6.20 Å². The molecule has 0 saturated carbocycles. The minimum absolute atomic E-state index is 0.241. The minimum atomic E-state index is 0.241. The van der Waals surface area contributed by atoms with Crippen molar-refractivity contribution in [2.45, 2.75) is 13.8 Å². The molecule has 0 unspecified atom stereocenters. The number of ether oxygens (including phenoxy) is 1. The van der Waals surface area contributed by atoms with Crippen molar-refractivity contribution in [3.05, 3.63) is 24.0 Å². The first kappa shape index (κ1) is 14.0. The lowest BCUT2D eigenvalue weighted by Crippen LogP contribution is -2.15. The SMILES string of the molecule is CCNc1nc(Oc2ccc(C)nc2)nc(N(C)C)n1. The fourth-order valence-corrected chi connectivity index (χ4v) is 1.45. The van der Waals surface area contributed by atoms with Gasteiger partial charge in [-0.2, -0.15) is 15.0 Å². The molecule has 0 bridgehead atoms. The number of nitrogens with one attached hydrogen (secondary N) is 1. The molecule has 0 aromatic carbocycles. The summed E-state index contributed by atoms with van der Waals surface area (Å²) >= 11 is 0. The molecule has 2 rings (SSSR count). The van der Waals surface area contributed by atoms with Crippen molar-refractivity contribution in [2.75, 3.05) is 30.9 Å². The molecule has 7 nitrogen and oxygen atoms in total. The van der Waals surface area contributed by atoms with E-state index in [9.17, 15) is 0 Å². The highest BCUT2D eigenvalue weighted by atomic mass is 16.5. The standard InChI is InChI=1S/C13H18N6O/c1-5-14-11-16-12(19(3)4)18-13(17-11)20-10-7-6-9(2)15-8-10/h6-8H,5H2,1-4H3,(H,14,16,17,18). The average molecular weight is 274 g/mol. The third-order valence-corrected chi connectivity index (χ3v) is 2.43. The zero-order valence-electron chi connectivity index (χ0n) is 12.1. The van der Waals surface area contributed by atoms with Crippen molar-refractivity contribution in [2.24, 2.45) is 0 Å². The third-order valence-electron chi connectivity index (χ3n) is 2.43. The van der Waals surface area contributed by atoms with Crippen LogP contribution in [-0.4, -0.2) is 40.6 Å². The first-order valence-corrected chi connectivity index (χ1v) is 6.36. The molecule has 2 aromatic heterocycles. The summed E-state index contributed by atoms with van der Waals surface area (Å²) in [4.78, 5) is 18.7. The van der Waals surface area contributed by atoms with Crippen molar-refractivity contribution < 1.29 is 4.74 Å². The molecule has 7 heteroatoms. The molecular weight excluding hydrogens is 256 g/mol. The van der Waals surface area contributed by atoms with Crippen LogP contribution >= 0.6 is 0 Å². The van der Waals surface area contributed by atoms with Gasteiger partial charge in [0.15, 0.2) is 0 Å². The Hall–Kier alpha value is -2.44. The molecule has 2 aromatic rings. The maximum Gasteiger partial charge on any atom is 0.328 e. The van der Waals surface area contributed by atoms with E-state index in [1.54, 1.807) is 11.1 Å². The smallest absolute Gasteiger partial charge is 0.328 e. The molecule has 0 saturated heterocycles. The molecule has 0 atom stereocenters. The van der Waals surface area contributed by atoms with Gasteiger partial charge in [0.1, 0.15) is 5.75 Å². The largest absolute Gasteiger partial charge is 0.422 e. The number of aryl methyl sites for hydroxylation is 1. The Labute approximate surface area is 118 Å². The molecule has 0 amide bonds. The lowest BCUT2D eigenvalue weighted by molar-refractivity contribution is 0.438. The van der Waals surface area contributed by atoms with Crippen LogP contribution < -0.4 is 15.0 Å². The maximum absolute atomic E-state index is 5.62. The van der Waals surface area contributed by atoms with E-state index in [2.05, 4.69) is 25.3 Å². The molecule has 106 valence electrons. The van der Waals surface area contributed by atoms with Crippen molar-refractivity contribution in [3.63, 3.8) is 0 Å². The van der Waals surface area contributed by atoms with Crippen LogP contribution in [0.4, 0.5) is 11.9 Å². The van der Waals surface area contributed by atoms with Gasteiger partial charge in [0, 0.05) is 26.3 Å². The fourth-order valence-electron chi connectivity index (χ4n) is 1.45. The molecule has 0 spiro atoms. The summed E-state index contributed by atoms with van der Waals surface area (Å²) < 4.78 is 5.62. The van der Waals surface area contributed by atoms with Gasteiger partial charge < -0.3 is 15.0 Å². The van der Waals surface area contributed by atoms with E-state index in [-0.39, 0.29) is 6.01 Å². The molecule has 20 heavy (non-hydrogen) atoms. The van der Waals surface area contributed by atoms with Crippen LogP contribution in [0.2, 0.25) is 0 Å². The molecule has 2 heterocycles. The Kier molecular flexibility index (Phi) is 4.29. The van der Waals surface area contributed by atoms with Crippen LogP contribution in [0.25, 0.3) is 0 Å². The number of aromatic nitrogens is 4. The monoisotopic (exact) mass is 274 g/mol. The second-order valence-electron chi connectivity index (χ2n) is 4.40. The molecule has 1 N–H and O–H groups in total. The lowest BCUT2D eigenvalue weighted by Gasteiger charge is -2.13. The highest BCUT2D eigenvalue weighted by Gasteiger charge is 2.09. The number of nitrogens with zero attached hydrogens (tertiary/aromatic N) is 5. The Morgan fingerprint density at radius 1 is 1.20 bits per heavy atom. The number of pyridine rings is 1. The van der Waals surface area contributed by atoms with E-state index in [0.717, 1.165) is 12.2 Å². The number of rotatable bonds is 5. The summed E-state index contributed by atoms with van der Waals surface area (Å²) in [5.74, 6) is 1.61. The quantitative estimate of drug-likeness (QED) is 0.891. The Balaban J connectivity index is 2.27. The highest BCUT2D eigenvalue weighted by molar-refractivity contribution is 5.37. The first-order valence-electron chi connectivity index (χ1n) is 6.36. The summed E-state index contributed by atoms with van der Waals surface area (Å²) in [6.45, 7) is 4.62. The highest BCUT2D eigenvalue weighted by Crippen LogP contribution is 2.19. The van der Waals surface area contributed by atoms with Crippen LogP contribution in [0.1, 0.15) is 12.6 Å². The van der Waals surface area contributed by atoms with E-state index in [0.29, 0.717) is 17.6 Å². The predicted molar refractivity (Wildman–Crippen MR) is 77.4 cm³/mol.